The van der Waals surface area contributed by atoms with Crippen molar-refractivity contribution in [1.29, 1.82) is 0 Å². The van der Waals surface area contributed by atoms with E-state index in [1.807, 2.05) is 48.5 Å². The Labute approximate surface area is 151 Å². The molecule has 0 fully saturated rings. The van der Waals surface area contributed by atoms with Gasteiger partial charge in [-0.3, -0.25) is 4.79 Å². The SMILES string of the molecule is O=C(C=Cc1ccc(-c2ccc(Br)cc2)o1)c1ccc(Br)cc1. The molecule has 23 heavy (non-hydrogen) atoms. The number of benzene rings is 2. The van der Waals surface area contributed by atoms with E-state index in [2.05, 4.69) is 31.9 Å². The van der Waals surface area contributed by atoms with E-state index in [4.69, 9.17) is 4.42 Å². The molecule has 114 valence electrons. The summed E-state index contributed by atoms with van der Waals surface area (Å²) in [5.74, 6) is 1.36. The van der Waals surface area contributed by atoms with E-state index < -0.39 is 0 Å². The van der Waals surface area contributed by atoms with Gasteiger partial charge in [0.15, 0.2) is 5.78 Å². The number of furan rings is 1. The summed E-state index contributed by atoms with van der Waals surface area (Å²) in [5.41, 5.74) is 1.64. The summed E-state index contributed by atoms with van der Waals surface area (Å²) in [6.07, 6.45) is 3.21. The van der Waals surface area contributed by atoms with E-state index in [1.165, 1.54) is 6.08 Å². The zero-order valence-corrected chi connectivity index (χ0v) is 15.2. The van der Waals surface area contributed by atoms with Crippen LogP contribution in [0.5, 0.6) is 0 Å². The fourth-order valence-corrected chi connectivity index (χ4v) is 2.61. The molecule has 4 heteroatoms. The minimum Gasteiger partial charge on any atom is -0.457 e. The van der Waals surface area contributed by atoms with Gasteiger partial charge >= 0.3 is 0 Å². The summed E-state index contributed by atoms with van der Waals surface area (Å²) in [6, 6.07) is 18.9. The third-order valence-corrected chi connectivity index (χ3v) is 4.34. The van der Waals surface area contributed by atoms with Gasteiger partial charge in [-0.05, 0) is 60.7 Å². The normalized spacial score (nSPS) is 11.0. The molecule has 0 saturated heterocycles. The second-order valence-electron chi connectivity index (χ2n) is 4.91. The van der Waals surface area contributed by atoms with E-state index in [-0.39, 0.29) is 5.78 Å². The first-order valence-electron chi connectivity index (χ1n) is 6.95. The maximum Gasteiger partial charge on any atom is 0.185 e. The summed E-state index contributed by atoms with van der Waals surface area (Å²) < 4.78 is 7.72. The van der Waals surface area contributed by atoms with Crippen molar-refractivity contribution < 1.29 is 9.21 Å². The van der Waals surface area contributed by atoms with Gasteiger partial charge in [-0.2, -0.15) is 0 Å². The van der Waals surface area contributed by atoms with Crippen molar-refractivity contribution in [3.05, 3.63) is 87.0 Å². The summed E-state index contributed by atoms with van der Waals surface area (Å²) in [5, 5.41) is 0. The Morgan fingerprint density at radius 2 is 1.43 bits per heavy atom. The molecule has 0 spiro atoms. The number of ketones is 1. The maximum atomic E-state index is 12.1. The molecular formula is C19H12Br2O2. The molecule has 0 N–H and O–H groups in total. The van der Waals surface area contributed by atoms with Crippen LogP contribution in [0.1, 0.15) is 16.1 Å². The largest absolute Gasteiger partial charge is 0.457 e. The van der Waals surface area contributed by atoms with E-state index in [9.17, 15) is 4.79 Å². The molecule has 0 aliphatic heterocycles. The van der Waals surface area contributed by atoms with Gasteiger partial charge in [0.2, 0.25) is 0 Å². The molecule has 0 atom stereocenters. The van der Waals surface area contributed by atoms with Crippen LogP contribution in [0.15, 0.2) is 80.1 Å². The molecule has 3 aromatic rings. The predicted octanol–water partition coefficient (Wildman–Crippen LogP) is 6.37. The van der Waals surface area contributed by atoms with Gasteiger partial charge in [0, 0.05) is 20.1 Å². The van der Waals surface area contributed by atoms with Gasteiger partial charge in [0.1, 0.15) is 11.5 Å². The number of hydrogen-bond acceptors (Lipinski definition) is 2. The lowest BCUT2D eigenvalue weighted by Gasteiger charge is -1.97. The van der Waals surface area contributed by atoms with Crippen LogP contribution in [0.25, 0.3) is 17.4 Å². The fraction of sp³-hybridized carbons (Fsp3) is 0. The van der Waals surface area contributed by atoms with Crippen LogP contribution in [0.4, 0.5) is 0 Å². The molecule has 1 heterocycles. The first-order chi connectivity index (χ1) is 11.1. The minimum absolute atomic E-state index is 0.0564. The molecule has 0 aliphatic carbocycles. The quantitative estimate of drug-likeness (QED) is 0.355. The summed E-state index contributed by atoms with van der Waals surface area (Å²) >= 11 is 6.76. The Balaban J connectivity index is 1.74. The standard InChI is InChI=1S/C19H12Br2O2/c20-15-5-1-13(2-6-15)18(22)11-9-17-10-12-19(23-17)14-3-7-16(21)8-4-14/h1-12H. The molecule has 0 radical (unpaired) electrons. The Morgan fingerprint density at radius 3 is 2.09 bits per heavy atom. The highest BCUT2D eigenvalue weighted by molar-refractivity contribution is 9.10. The number of carbonyl (C=O) groups excluding carboxylic acids is 1. The Hall–Kier alpha value is -1.91. The molecule has 0 saturated carbocycles. The van der Waals surface area contributed by atoms with Crippen molar-refractivity contribution in [2.45, 2.75) is 0 Å². The van der Waals surface area contributed by atoms with Crippen molar-refractivity contribution in [1.82, 2.24) is 0 Å². The molecule has 0 unspecified atom stereocenters. The fourth-order valence-electron chi connectivity index (χ4n) is 2.08. The highest BCUT2D eigenvalue weighted by Crippen LogP contribution is 2.24. The van der Waals surface area contributed by atoms with E-state index in [0.29, 0.717) is 11.3 Å². The molecule has 2 aromatic carbocycles. The molecule has 0 amide bonds. The van der Waals surface area contributed by atoms with Crippen LogP contribution in [0, 0.1) is 0 Å². The lowest BCUT2D eigenvalue weighted by Crippen LogP contribution is -1.92. The second kappa shape index (κ2) is 7.11. The van der Waals surface area contributed by atoms with Gasteiger partial charge in [-0.25, -0.2) is 0 Å². The molecule has 2 nitrogen and oxygen atoms in total. The average Bonchev–Trinajstić information content (AvgIpc) is 3.03. The Bertz CT molecular complexity index is 844. The van der Waals surface area contributed by atoms with Gasteiger partial charge in [0.25, 0.3) is 0 Å². The topological polar surface area (TPSA) is 30.2 Å². The first-order valence-corrected chi connectivity index (χ1v) is 8.54. The van der Waals surface area contributed by atoms with Crippen LogP contribution < -0.4 is 0 Å². The maximum absolute atomic E-state index is 12.1. The molecular weight excluding hydrogens is 420 g/mol. The summed E-state index contributed by atoms with van der Waals surface area (Å²) in [6.45, 7) is 0. The molecule has 0 aliphatic rings. The number of hydrogen-bond donors (Lipinski definition) is 0. The lowest BCUT2D eigenvalue weighted by atomic mass is 10.1. The Kier molecular flexibility index (Phi) is 4.94. The minimum atomic E-state index is -0.0564. The first kappa shape index (κ1) is 16.0. The van der Waals surface area contributed by atoms with Crippen molar-refractivity contribution >= 4 is 43.7 Å². The van der Waals surface area contributed by atoms with Crippen molar-refractivity contribution in [3.63, 3.8) is 0 Å². The highest BCUT2D eigenvalue weighted by atomic mass is 79.9. The van der Waals surface area contributed by atoms with Crippen LogP contribution in [-0.2, 0) is 0 Å². The van der Waals surface area contributed by atoms with Gasteiger partial charge in [-0.15, -0.1) is 0 Å². The van der Waals surface area contributed by atoms with E-state index >= 15 is 0 Å². The number of rotatable bonds is 4. The van der Waals surface area contributed by atoms with Crippen molar-refractivity contribution in [2.24, 2.45) is 0 Å². The number of carbonyl (C=O) groups is 1. The van der Waals surface area contributed by atoms with E-state index in [1.54, 1.807) is 18.2 Å². The van der Waals surface area contributed by atoms with Crippen molar-refractivity contribution in [3.8, 4) is 11.3 Å². The monoisotopic (exact) mass is 430 g/mol. The molecule has 3 rings (SSSR count). The third-order valence-electron chi connectivity index (χ3n) is 3.28. The lowest BCUT2D eigenvalue weighted by molar-refractivity contribution is 0.104. The number of allylic oxidation sites excluding steroid dienone is 1. The summed E-state index contributed by atoms with van der Waals surface area (Å²) in [4.78, 5) is 12.1. The highest BCUT2D eigenvalue weighted by Gasteiger charge is 2.05. The van der Waals surface area contributed by atoms with Crippen LogP contribution >= 0.6 is 31.9 Å². The third kappa shape index (κ3) is 4.09. The van der Waals surface area contributed by atoms with Gasteiger partial charge in [0.05, 0.1) is 0 Å². The van der Waals surface area contributed by atoms with Crippen molar-refractivity contribution in [2.75, 3.05) is 0 Å². The zero-order valence-electron chi connectivity index (χ0n) is 12.0. The zero-order chi connectivity index (χ0) is 16.2. The Morgan fingerprint density at radius 1 is 0.826 bits per heavy atom. The van der Waals surface area contributed by atoms with Crippen LogP contribution in [0.2, 0.25) is 0 Å². The second-order valence-corrected chi connectivity index (χ2v) is 6.74. The van der Waals surface area contributed by atoms with Gasteiger partial charge < -0.3 is 4.42 Å². The predicted molar refractivity (Wildman–Crippen MR) is 99.4 cm³/mol. The van der Waals surface area contributed by atoms with Crippen LogP contribution in [-0.4, -0.2) is 5.78 Å². The van der Waals surface area contributed by atoms with Gasteiger partial charge in [-0.1, -0.05) is 44.0 Å². The molecule has 0 bridgehead atoms. The molecule has 1 aromatic heterocycles. The van der Waals surface area contributed by atoms with Crippen LogP contribution in [0.3, 0.4) is 0 Å². The summed E-state index contributed by atoms with van der Waals surface area (Å²) in [7, 11) is 0. The average molecular weight is 432 g/mol. The smallest absolute Gasteiger partial charge is 0.185 e. The van der Waals surface area contributed by atoms with E-state index in [0.717, 1.165) is 20.3 Å². The number of halogens is 2.